The third-order valence-corrected chi connectivity index (χ3v) is 5.05. The van der Waals surface area contributed by atoms with E-state index in [0.29, 0.717) is 24.5 Å². The fraction of sp³-hybridized carbons (Fsp3) is 0.562. The molecule has 0 N–H and O–H groups in total. The van der Waals surface area contributed by atoms with Crippen LogP contribution in [0, 0.1) is 16.7 Å². The highest BCUT2D eigenvalue weighted by atomic mass is 16.5. The Kier molecular flexibility index (Phi) is 2.68. The number of amides is 1. The molecule has 2 fully saturated rings. The minimum absolute atomic E-state index is 0.0838. The molecule has 1 aromatic heterocycles. The van der Waals surface area contributed by atoms with Gasteiger partial charge in [0.1, 0.15) is 24.0 Å². The Labute approximate surface area is 123 Å². The molecule has 4 rings (SSSR count). The lowest BCUT2D eigenvalue weighted by Crippen LogP contribution is -2.43. The lowest BCUT2D eigenvalue weighted by Gasteiger charge is -2.29. The van der Waals surface area contributed by atoms with E-state index in [9.17, 15) is 10.1 Å². The van der Waals surface area contributed by atoms with Crippen molar-refractivity contribution in [1.82, 2.24) is 9.88 Å². The number of carbonyl (C=O) groups excluding carboxylic acids is 1. The summed E-state index contributed by atoms with van der Waals surface area (Å²) in [7, 11) is 0. The summed E-state index contributed by atoms with van der Waals surface area (Å²) in [5.74, 6) is 0.891. The second-order valence-corrected chi connectivity index (χ2v) is 6.36. The number of hydrogen-bond donors (Lipinski definition) is 0. The SMILES string of the molecule is N#Cc1cncc2c1OC[C@H]1CCCC3(CC3)C(=O)N1C2. The monoisotopic (exact) mass is 283 g/mol. The molecule has 1 saturated carbocycles. The predicted molar refractivity (Wildman–Crippen MR) is 74.3 cm³/mol. The van der Waals surface area contributed by atoms with Crippen LogP contribution >= 0.6 is 0 Å². The smallest absolute Gasteiger partial charge is 0.229 e. The van der Waals surface area contributed by atoms with Crippen LogP contribution in [0.4, 0.5) is 0 Å². The van der Waals surface area contributed by atoms with Crippen LogP contribution < -0.4 is 4.74 Å². The van der Waals surface area contributed by atoms with Crippen molar-refractivity contribution in [3.8, 4) is 11.8 Å². The van der Waals surface area contributed by atoms with Crippen LogP contribution in [0.2, 0.25) is 0 Å². The third-order valence-electron chi connectivity index (χ3n) is 5.05. The van der Waals surface area contributed by atoms with Crippen molar-refractivity contribution in [3.05, 3.63) is 23.5 Å². The molecule has 0 aromatic carbocycles. The molecular formula is C16H17N3O2. The zero-order chi connectivity index (χ0) is 14.4. The number of hydrogen-bond acceptors (Lipinski definition) is 4. The highest BCUT2D eigenvalue weighted by Gasteiger charge is 2.53. The molecular weight excluding hydrogens is 266 g/mol. The zero-order valence-electron chi connectivity index (χ0n) is 11.8. The molecule has 0 radical (unpaired) electrons. The van der Waals surface area contributed by atoms with Crippen molar-refractivity contribution < 1.29 is 9.53 Å². The highest BCUT2D eigenvalue weighted by molar-refractivity contribution is 5.86. The number of nitriles is 1. The van der Waals surface area contributed by atoms with Crippen molar-refractivity contribution in [3.63, 3.8) is 0 Å². The van der Waals surface area contributed by atoms with Gasteiger partial charge in [-0.2, -0.15) is 5.26 Å². The number of carbonyl (C=O) groups is 1. The van der Waals surface area contributed by atoms with Crippen molar-refractivity contribution in [2.24, 2.45) is 5.41 Å². The molecule has 1 atom stereocenters. The Bertz CT molecular complexity index is 645. The van der Waals surface area contributed by atoms with Crippen molar-refractivity contribution in [2.75, 3.05) is 6.61 Å². The largest absolute Gasteiger partial charge is 0.490 e. The van der Waals surface area contributed by atoms with Gasteiger partial charge in [0.05, 0.1) is 12.6 Å². The van der Waals surface area contributed by atoms with Gasteiger partial charge in [-0.25, -0.2) is 0 Å². The Hall–Kier alpha value is -2.09. The Balaban J connectivity index is 1.73. The van der Waals surface area contributed by atoms with E-state index < -0.39 is 0 Å². The lowest BCUT2D eigenvalue weighted by atomic mass is 9.99. The van der Waals surface area contributed by atoms with Gasteiger partial charge in [-0.3, -0.25) is 9.78 Å². The Morgan fingerprint density at radius 1 is 1.38 bits per heavy atom. The average molecular weight is 283 g/mol. The summed E-state index contributed by atoms with van der Waals surface area (Å²) >= 11 is 0. The van der Waals surface area contributed by atoms with Crippen LogP contribution in [0.1, 0.15) is 43.2 Å². The van der Waals surface area contributed by atoms with E-state index in [-0.39, 0.29) is 17.4 Å². The topological polar surface area (TPSA) is 66.2 Å². The second kappa shape index (κ2) is 4.45. The molecule has 3 aliphatic rings. The molecule has 3 heterocycles. The van der Waals surface area contributed by atoms with E-state index >= 15 is 0 Å². The number of nitrogens with zero attached hydrogens (tertiary/aromatic N) is 3. The normalized spacial score (nSPS) is 26.0. The van der Waals surface area contributed by atoms with Crippen LogP contribution in [0.25, 0.3) is 0 Å². The van der Waals surface area contributed by atoms with Gasteiger partial charge in [-0.15, -0.1) is 0 Å². The highest BCUT2D eigenvalue weighted by Crippen LogP contribution is 2.53. The minimum Gasteiger partial charge on any atom is -0.490 e. The van der Waals surface area contributed by atoms with Gasteiger partial charge < -0.3 is 9.64 Å². The molecule has 108 valence electrons. The summed E-state index contributed by atoms with van der Waals surface area (Å²) in [6, 6.07) is 2.25. The molecule has 0 bridgehead atoms. The molecule has 0 unspecified atom stereocenters. The summed E-state index contributed by atoms with van der Waals surface area (Å²) < 4.78 is 5.88. The molecule has 1 saturated heterocycles. The molecule has 1 aromatic rings. The van der Waals surface area contributed by atoms with E-state index in [0.717, 1.165) is 37.7 Å². The number of rotatable bonds is 0. The van der Waals surface area contributed by atoms with Crippen molar-refractivity contribution in [2.45, 2.75) is 44.7 Å². The number of aromatic nitrogens is 1. The van der Waals surface area contributed by atoms with Gasteiger partial charge in [0.25, 0.3) is 0 Å². The maximum absolute atomic E-state index is 12.9. The van der Waals surface area contributed by atoms with Crippen molar-refractivity contribution in [1.29, 1.82) is 5.26 Å². The molecule has 21 heavy (non-hydrogen) atoms. The van der Waals surface area contributed by atoms with E-state index in [1.807, 2.05) is 4.90 Å². The fourth-order valence-corrected chi connectivity index (χ4v) is 3.62. The van der Waals surface area contributed by atoms with Crippen molar-refractivity contribution >= 4 is 5.91 Å². The Morgan fingerprint density at radius 2 is 2.24 bits per heavy atom. The van der Waals surface area contributed by atoms with E-state index in [1.165, 1.54) is 6.20 Å². The third kappa shape index (κ3) is 1.90. The standard InChI is InChI=1S/C16H17N3O2/c17-6-11-7-18-8-12-9-19-13(10-21-14(11)12)2-1-3-16(4-5-16)15(19)20/h7-8,13H,1-5,9-10H2/t13-/m1/s1. The van der Waals surface area contributed by atoms with Gasteiger partial charge >= 0.3 is 0 Å². The quantitative estimate of drug-likeness (QED) is 0.730. The van der Waals surface area contributed by atoms with Crippen LogP contribution in [0.15, 0.2) is 12.4 Å². The van der Waals surface area contributed by atoms with Crippen LogP contribution in [0.5, 0.6) is 5.75 Å². The first-order valence-electron chi connectivity index (χ1n) is 7.54. The summed E-state index contributed by atoms with van der Waals surface area (Å²) in [5, 5.41) is 9.18. The summed E-state index contributed by atoms with van der Waals surface area (Å²) in [4.78, 5) is 19.0. The predicted octanol–water partition coefficient (Wildman–Crippen LogP) is 2.01. The first-order chi connectivity index (χ1) is 10.2. The molecule has 2 aliphatic heterocycles. The molecule has 1 spiro atoms. The minimum atomic E-state index is -0.0838. The molecule has 5 heteroatoms. The molecule has 5 nitrogen and oxygen atoms in total. The van der Waals surface area contributed by atoms with E-state index in [1.54, 1.807) is 6.20 Å². The van der Waals surface area contributed by atoms with Gasteiger partial charge in [0.15, 0.2) is 0 Å². The maximum atomic E-state index is 12.9. The average Bonchev–Trinajstić information content (AvgIpc) is 3.30. The van der Waals surface area contributed by atoms with Crippen LogP contribution in [-0.2, 0) is 11.3 Å². The number of fused-ring (bicyclic) bond motifs is 2. The van der Waals surface area contributed by atoms with Gasteiger partial charge in [-0.05, 0) is 25.7 Å². The summed E-state index contributed by atoms with van der Waals surface area (Å²) in [6.07, 6.45) is 8.38. The lowest BCUT2D eigenvalue weighted by molar-refractivity contribution is -0.139. The summed E-state index contributed by atoms with van der Waals surface area (Å²) in [6.45, 7) is 0.997. The number of ether oxygens (including phenoxy) is 1. The first-order valence-corrected chi connectivity index (χ1v) is 7.54. The molecule has 1 amide bonds. The Morgan fingerprint density at radius 3 is 3.00 bits per heavy atom. The van der Waals surface area contributed by atoms with Crippen LogP contribution in [-0.4, -0.2) is 28.4 Å². The maximum Gasteiger partial charge on any atom is 0.229 e. The van der Waals surface area contributed by atoms with Gasteiger partial charge in [0.2, 0.25) is 5.91 Å². The second-order valence-electron chi connectivity index (χ2n) is 6.36. The van der Waals surface area contributed by atoms with E-state index in [4.69, 9.17) is 4.74 Å². The summed E-state index contributed by atoms with van der Waals surface area (Å²) in [5.41, 5.74) is 1.22. The number of pyridine rings is 1. The van der Waals surface area contributed by atoms with Gasteiger partial charge in [0, 0.05) is 23.4 Å². The van der Waals surface area contributed by atoms with Crippen LogP contribution in [0.3, 0.4) is 0 Å². The molecule has 1 aliphatic carbocycles. The van der Waals surface area contributed by atoms with E-state index in [2.05, 4.69) is 11.1 Å². The van der Waals surface area contributed by atoms with Gasteiger partial charge in [-0.1, -0.05) is 6.42 Å². The zero-order valence-corrected chi connectivity index (χ0v) is 11.8. The first kappa shape index (κ1) is 12.6. The fourth-order valence-electron chi connectivity index (χ4n) is 3.62.